The number of hydrogen-bond donors (Lipinski definition) is 1. The van der Waals surface area contributed by atoms with Crippen molar-refractivity contribution in [2.24, 2.45) is 11.1 Å². The van der Waals surface area contributed by atoms with Crippen LogP contribution < -0.4 is 5.73 Å². The Morgan fingerprint density at radius 2 is 1.94 bits per heavy atom. The number of likely N-dealkylation sites (N-methyl/N-ethyl adjacent to an activating group) is 1. The highest BCUT2D eigenvalue weighted by atomic mass is 15.3. The number of hydrogen-bond acceptors (Lipinski definition) is 3. The van der Waals surface area contributed by atoms with E-state index in [1.165, 1.54) is 45.3 Å². The van der Waals surface area contributed by atoms with Crippen molar-refractivity contribution in [2.45, 2.75) is 58.0 Å². The summed E-state index contributed by atoms with van der Waals surface area (Å²) in [5.74, 6) is 0. The maximum Gasteiger partial charge on any atom is 0.0340 e. The van der Waals surface area contributed by atoms with Crippen LogP contribution in [0.4, 0.5) is 0 Å². The van der Waals surface area contributed by atoms with Crippen molar-refractivity contribution in [1.29, 1.82) is 0 Å². The highest BCUT2D eigenvalue weighted by Gasteiger charge is 2.47. The van der Waals surface area contributed by atoms with Gasteiger partial charge < -0.3 is 10.6 Å². The lowest BCUT2D eigenvalue weighted by Crippen LogP contribution is -2.57. The minimum Gasteiger partial charge on any atom is -0.329 e. The van der Waals surface area contributed by atoms with E-state index in [0.717, 1.165) is 6.54 Å². The van der Waals surface area contributed by atoms with Crippen molar-refractivity contribution in [3.8, 4) is 0 Å². The zero-order valence-electron chi connectivity index (χ0n) is 12.7. The van der Waals surface area contributed by atoms with Gasteiger partial charge in [-0.1, -0.05) is 13.8 Å². The van der Waals surface area contributed by atoms with Crippen molar-refractivity contribution >= 4 is 0 Å². The minimum atomic E-state index is 0.272. The lowest BCUT2D eigenvalue weighted by Gasteiger charge is -2.44. The predicted octanol–water partition coefficient (Wildman–Crippen LogP) is 1.92. The maximum absolute atomic E-state index is 6.21. The van der Waals surface area contributed by atoms with Gasteiger partial charge >= 0.3 is 0 Å². The molecule has 1 heterocycles. The van der Waals surface area contributed by atoms with Crippen LogP contribution in [-0.4, -0.2) is 54.6 Å². The Morgan fingerprint density at radius 3 is 2.50 bits per heavy atom. The zero-order valence-corrected chi connectivity index (χ0v) is 12.7. The number of nitrogens with zero attached hydrogens (tertiary/aromatic N) is 2. The first-order valence-corrected chi connectivity index (χ1v) is 7.54. The van der Waals surface area contributed by atoms with E-state index in [-0.39, 0.29) is 5.54 Å². The Balaban J connectivity index is 2.16. The Labute approximate surface area is 113 Å². The van der Waals surface area contributed by atoms with Crippen LogP contribution in [0.3, 0.4) is 0 Å². The molecular weight excluding hydrogens is 222 g/mol. The first-order chi connectivity index (χ1) is 8.38. The maximum atomic E-state index is 6.21. The first kappa shape index (κ1) is 14.3. The summed E-state index contributed by atoms with van der Waals surface area (Å²) in [6, 6.07) is 0.634. The van der Waals surface area contributed by atoms with Gasteiger partial charge in [0.1, 0.15) is 0 Å². The summed E-state index contributed by atoms with van der Waals surface area (Å²) in [5.41, 5.74) is 6.95. The van der Waals surface area contributed by atoms with Crippen molar-refractivity contribution in [3.63, 3.8) is 0 Å². The van der Waals surface area contributed by atoms with E-state index in [0.29, 0.717) is 11.5 Å². The van der Waals surface area contributed by atoms with E-state index < -0.39 is 0 Å². The van der Waals surface area contributed by atoms with Crippen LogP contribution >= 0.6 is 0 Å². The van der Waals surface area contributed by atoms with Crippen LogP contribution in [0.5, 0.6) is 0 Å². The molecule has 1 aliphatic carbocycles. The third-order valence-electron chi connectivity index (χ3n) is 5.11. The van der Waals surface area contributed by atoms with E-state index in [1.807, 2.05) is 0 Å². The lowest BCUT2D eigenvalue weighted by atomic mass is 9.86. The molecule has 3 nitrogen and oxygen atoms in total. The zero-order chi connectivity index (χ0) is 13.4. The van der Waals surface area contributed by atoms with E-state index >= 15 is 0 Å². The molecule has 0 bridgehead atoms. The van der Waals surface area contributed by atoms with Crippen molar-refractivity contribution in [2.75, 3.05) is 33.2 Å². The van der Waals surface area contributed by atoms with E-state index in [4.69, 9.17) is 5.73 Å². The molecule has 106 valence electrons. The monoisotopic (exact) mass is 253 g/mol. The molecule has 3 heteroatoms. The van der Waals surface area contributed by atoms with Crippen LogP contribution in [0.25, 0.3) is 0 Å². The average Bonchev–Trinajstić information content (AvgIpc) is 2.50. The summed E-state index contributed by atoms with van der Waals surface area (Å²) in [6.07, 6.45) is 5.15. The van der Waals surface area contributed by atoms with Gasteiger partial charge in [-0.25, -0.2) is 0 Å². The second kappa shape index (κ2) is 5.10. The van der Waals surface area contributed by atoms with Gasteiger partial charge in [-0.3, -0.25) is 4.90 Å². The first-order valence-electron chi connectivity index (χ1n) is 7.54. The summed E-state index contributed by atoms with van der Waals surface area (Å²) in [7, 11) is 2.24. The number of nitrogens with two attached hydrogens (primary N) is 1. The normalized spacial score (nSPS) is 38.8. The molecule has 1 saturated carbocycles. The molecular formula is C15H31N3. The molecule has 2 rings (SSSR count). The van der Waals surface area contributed by atoms with Crippen molar-refractivity contribution in [1.82, 2.24) is 9.80 Å². The fraction of sp³-hybridized carbons (Fsp3) is 1.00. The molecule has 0 radical (unpaired) electrons. The van der Waals surface area contributed by atoms with Gasteiger partial charge in [0, 0.05) is 31.2 Å². The predicted molar refractivity (Wildman–Crippen MR) is 77.7 cm³/mol. The van der Waals surface area contributed by atoms with Gasteiger partial charge in [0.05, 0.1) is 0 Å². The summed E-state index contributed by atoms with van der Waals surface area (Å²) < 4.78 is 0. The molecule has 2 unspecified atom stereocenters. The van der Waals surface area contributed by atoms with E-state index in [2.05, 4.69) is 37.6 Å². The molecule has 18 heavy (non-hydrogen) atoms. The standard InChI is InChI=1S/C15H31N3/c1-13-10-17(4)8-5-9-18(13)15(12-16)7-6-14(2,3)11-15/h13H,5-12,16H2,1-4H3. The molecule has 0 amide bonds. The SMILES string of the molecule is CC1CN(C)CCCN1C1(CN)CCC(C)(C)C1. The Morgan fingerprint density at radius 1 is 1.22 bits per heavy atom. The molecule has 2 N–H and O–H groups in total. The Kier molecular flexibility index (Phi) is 4.05. The molecule has 0 aromatic carbocycles. The summed E-state index contributed by atoms with van der Waals surface area (Å²) in [6.45, 7) is 11.6. The van der Waals surface area contributed by atoms with Gasteiger partial charge in [0.2, 0.25) is 0 Å². The molecule has 1 saturated heterocycles. The molecule has 2 aliphatic rings. The van der Waals surface area contributed by atoms with Gasteiger partial charge in [0.15, 0.2) is 0 Å². The van der Waals surface area contributed by atoms with Gasteiger partial charge in [-0.15, -0.1) is 0 Å². The summed E-state index contributed by atoms with van der Waals surface area (Å²) in [5, 5.41) is 0. The fourth-order valence-electron chi connectivity index (χ4n) is 4.25. The topological polar surface area (TPSA) is 32.5 Å². The van der Waals surface area contributed by atoms with E-state index in [1.54, 1.807) is 0 Å². The molecule has 1 aliphatic heterocycles. The summed E-state index contributed by atoms with van der Waals surface area (Å²) >= 11 is 0. The molecule has 2 atom stereocenters. The van der Waals surface area contributed by atoms with Crippen LogP contribution in [0.15, 0.2) is 0 Å². The van der Waals surface area contributed by atoms with Gasteiger partial charge in [0.25, 0.3) is 0 Å². The second-order valence-corrected chi connectivity index (χ2v) is 7.43. The van der Waals surface area contributed by atoms with Crippen LogP contribution in [0.2, 0.25) is 0 Å². The largest absolute Gasteiger partial charge is 0.329 e. The van der Waals surface area contributed by atoms with Crippen molar-refractivity contribution in [3.05, 3.63) is 0 Å². The molecule has 0 aromatic rings. The highest BCUT2D eigenvalue weighted by Crippen LogP contribution is 2.47. The minimum absolute atomic E-state index is 0.272. The smallest absolute Gasteiger partial charge is 0.0340 e. The van der Waals surface area contributed by atoms with Gasteiger partial charge in [-0.2, -0.15) is 0 Å². The Bertz CT molecular complexity index is 289. The average molecular weight is 253 g/mol. The van der Waals surface area contributed by atoms with Gasteiger partial charge in [-0.05, 0) is 51.6 Å². The lowest BCUT2D eigenvalue weighted by molar-refractivity contribution is 0.0532. The molecule has 2 fully saturated rings. The second-order valence-electron chi connectivity index (χ2n) is 7.43. The third kappa shape index (κ3) is 2.73. The fourth-order valence-corrected chi connectivity index (χ4v) is 4.25. The third-order valence-corrected chi connectivity index (χ3v) is 5.11. The summed E-state index contributed by atoms with van der Waals surface area (Å²) in [4.78, 5) is 5.21. The van der Waals surface area contributed by atoms with Crippen LogP contribution in [0.1, 0.15) is 46.5 Å². The molecule has 0 spiro atoms. The Hall–Kier alpha value is -0.120. The highest BCUT2D eigenvalue weighted by molar-refractivity contribution is 5.04. The van der Waals surface area contributed by atoms with E-state index in [9.17, 15) is 0 Å². The quantitative estimate of drug-likeness (QED) is 0.816. The van der Waals surface area contributed by atoms with Crippen molar-refractivity contribution < 1.29 is 0 Å². The van der Waals surface area contributed by atoms with Crippen LogP contribution in [-0.2, 0) is 0 Å². The molecule has 0 aromatic heterocycles. The number of rotatable bonds is 2. The van der Waals surface area contributed by atoms with Crippen LogP contribution in [0, 0.1) is 5.41 Å².